The summed E-state index contributed by atoms with van der Waals surface area (Å²) in [6.07, 6.45) is 1.56. The first kappa shape index (κ1) is 18.1. The van der Waals surface area contributed by atoms with E-state index in [0.29, 0.717) is 6.54 Å². The number of carbonyl (C=O) groups excluding carboxylic acids is 1. The zero-order valence-electron chi connectivity index (χ0n) is 14.8. The van der Waals surface area contributed by atoms with Gasteiger partial charge in [0.15, 0.2) is 12.5 Å². The van der Waals surface area contributed by atoms with Gasteiger partial charge in [0.05, 0.1) is 17.2 Å². The fourth-order valence-corrected chi connectivity index (χ4v) is 2.40. The quantitative estimate of drug-likeness (QED) is 0.501. The van der Waals surface area contributed by atoms with Crippen molar-refractivity contribution in [2.75, 3.05) is 0 Å². The zero-order valence-corrected chi connectivity index (χ0v) is 14.8. The lowest BCUT2D eigenvalue weighted by Gasteiger charge is -2.06. The van der Waals surface area contributed by atoms with Gasteiger partial charge in [-0.2, -0.15) is 10.2 Å². The molecule has 0 fully saturated rings. The summed E-state index contributed by atoms with van der Waals surface area (Å²) in [6, 6.07) is 9.50. The van der Waals surface area contributed by atoms with Gasteiger partial charge in [-0.05, 0) is 25.1 Å². The second kappa shape index (κ2) is 7.68. The molecule has 0 spiro atoms. The molecule has 27 heavy (non-hydrogen) atoms. The summed E-state index contributed by atoms with van der Waals surface area (Å²) in [5, 5.41) is 22.1. The van der Waals surface area contributed by atoms with Crippen LogP contribution in [-0.2, 0) is 20.3 Å². The number of para-hydroxylation sites is 2. The van der Waals surface area contributed by atoms with Crippen molar-refractivity contribution in [1.82, 2.24) is 24.9 Å². The lowest BCUT2D eigenvalue weighted by atomic mass is 10.3. The highest BCUT2D eigenvalue weighted by Gasteiger charge is 2.15. The predicted octanol–water partition coefficient (Wildman–Crippen LogP) is 1.80. The molecule has 0 aliphatic carbocycles. The fraction of sp³-hybridized carbons (Fsp3) is 0.235. The minimum absolute atomic E-state index is 0.0580. The molecule has 1 aromatic carbocycles. The summed E-state index contributed by atoms with van der Waals surface area (Å²) in [5.74, 6) is -0.211. The maximum atomic E-state index is 12.2. The number of hydrogen-bond donors (Lipinski definition) is 1. The number of aromatic nitrogens is 4. The Hall–Kier alpha value is -3.69. The van der Waals surface area contributed by atoms with Gasteiger partial charge in [0.25, 0.3) is 5.91 Å². The number of nitrogens with one attached hydrogen (secondary N) is 1. The summed E-state index contributed by atoms with van der Waals surface area (Å²) >= 11 is 0. The molecular formula is C17H18N6O4. The molecule has 0 saturated heterocycles. The minimum atomic E-state index is -0.517. The van der Waals surface area contributed by atoms with Crippen LogP contribution in [0.1, 0.15) is 21.9 Å². The molecule has 10 nitrogen and oxygen atoms in total. The number of carbonyl (C=O) groups is 1. The Morgan fingerprint density at radius 1 is 1.30 bits per heavy atom. The van der Waals surface area contributed by atoms with E-state index in [-0.39, 0.29) is 29.8 Å². The molecule has 0 bridgehead atoms. The third-order valence-corrected chi connectivity index (χ3v) is 3.88. The van der Waals surface area contributed by atoms with Gasteiger partial charge in [0.2, 0.25) is 0 Å². The lowest BCUT2D eigenvalue weighted by Crippen LogP contribution is -2.24. The van der Waals surface area contributed by atoms with Crippen LogP contribution in [0.25, 0.3) is 0 Å². The molecule has 0 radical (unpaired) electrons. The number of hydrogen-bond acceptors (Lipinski definition) is 6. The molecule has 0 unspecified atom stereocenters. The third-order valence-electron chi connectivity index (χ3n) is 3.88. The minimum Gasteiger partial charge on any atom is -0.464 e. The number of amides is 1. The van der Waals surface area contributed by atoms with Gasteiger partial charge in [-0.25, -0.2) is 4.68 Å². The van der Waals surface area contributed by atoms with E-state index in [2.05, 4.69) is 15.5 Å². The van der Waals surface area contributed by atoms with Gasteiger partial charge < -0.3 is 10.1 Å². The lowest BCUT2D eigenvalue weighted by molar-refractivity contribution is -0.386. The van der Waals surface area contributed by atoms with Crippen LogP contribution in [0.4, 0.5) is 5.69 Å². The molecule has 0 aliphatic rings. The van der Waals surface area contributed by atoms with Crippen molar-refractivity contribution in [3.05, 3.63) is 69.8 Å². The average Bonchev–Trinajstić information content (AvgIpc) is 3.25. The van der Waals surface area contributed by atoms with Gasteiger partial charge in [0.1, 0.15) is 5.69 Å². The molecule has 3 rings (SSSR count). The Labute approximate surface area is 154 Å². The molecular weight excluding hydrogens is 352 g/mol. The maximum Gasteiger partial charge on any atom is 0.311 e. The Bertz CT molecular complexity index is 958. The molecule has 1 N–H and O–H groups in total. The van der Waals surface area contributed by atoms with Crippen LogP contribution in [0.2, 0.25) is 0 Å². The summed E-state index contributed by atoms with van der Waals surface area (Å²) in [6.45, 7) is 2.16. The topological polar surface area (TPSA) is 117 Å². The molecule has 0 saturated carbocycles. The number of aryl methyl sites for hydroxylation is 2. The van der Waals surface area contributed by atoms with Crippen molar-refractivity contribution >= 4 is 11.6 Å². The highest BCUT2D eigenvalue weighted by Crippen LogP contribution is 2.25. The van der Waals surface area contributed by atoms with E-state index in [9.17, 15) is 14.9 Å². The monoisotopic (exact) mass is 370 g/mol. The summed E-state index contributed by atoms with van der Waals surface area (Å²) in [7, 11) is 1.83. The Morgan fingerprint density at radius 2 is 2.07 bits per heavy atom. The second-order valence-electron chi connectivity index (χ2n) is 5.82. The van der Waals surface area contributed by atoms with E-state index in [1.807, 2.05) is 20.0 Å². The predicted molar refractivity (Wildman–Crippen MR) is 95.1 cm³/mol. The van der Waals surface area contributed by atoms with Crippen LogP contribution in [-0.4, -0.2) is 30.4 Å². The highest BCUT2D eigenvalue weighted by atomic mass is 16.6. The normalized spacial score (nSPS) is 10.6. The average molecular weight is 370 g/mol. The largest absolute Gasteiger partial charge is 0.464 e. The first-order valence-electron chi connectivity index (χ1n) is 8.11. The van der Waals surface area contributed by atoms with E-state index in [0.717, 1.165) is 11.4 Å². The van der Waals surface area contributed by atoms with Gasteiger partial charge in [-0.1, -0.05) is 12.1 Å². The first-order chi connectivity index (χ1) is 12.9. The van der Waals surface area contributed by atoms with E-state index in [1.165, 1.54) is 16.8 Å². The summed E-state index contributed by atoms with van der Waals surface area (Å²) < 4.78 is 8.56. The summed E-state index contributed by atoms with van der Waals surface area (Å²) in [5.41, 5.74) is 1.83. The van der Waals surface area contributed by atoms with E-state index in [1.54, 1.807) is 29.1 Å². The van der Waals surface area contributed by atoms with Crippen LogP contribution >= 0.6 is 0 Å². The highest BCUT2D eigenvalue weighted by molar-refractivity contribution is 5.92. The van der Waals surface area contributed by atoms with Crippen molar-refractivity contribution < 1.29 is 14.5 Å². The molecule has 0 atom stereocenters. The standard InChI is InChI=1S/C17H18N6O4/c1-12-9-13(19-21(12)2)10-18-17(24)14-7-8-22(20-14)11-27-16-6-4-3-5-15(16)23(25)26/h3-9H,10-11H2,1-2H3,(H,18,24). The van der Waals surface area contributed by atoms with Crippen molar-refractivity contribution in [2.45, 2.75) is 20.2 Å². The second-order valence-corrected chi connectivity index (χ2v) is 5.82. The third kappa shape index (κ3) is 4.29. The van der Waals surface area contributed by atoms with Crippen molar-refractivity contribution in [1.29, 1.82) is 0 Å². The van der Waals surface area contributed by atoms with Gasteiger partial charge in [0, 0.05) is 25.0 Å². The van der Waals surface area contributed by atoms with Gasteiger partial charge >= 0.3 is 5.69 Å². The van der Waals surface area contributed by atoms with E-state index < -0.39 is 4.92 Å². The first-order valence-corrected chi connectivity index (χ1v) is 8.11. The number of nitrogens with zero attached hydrogens (tertiary/aromatic N) is 5. The number of benzene rings is 1. The number of ether oxygens (including phenoxy) is 1. The van der Waals surface area contributed by atoms with Gasteiger partial charge in [-0.3, -0.25) is 19.6 Å². The molecule has 140 valence electrons. The Kier molecular flexibility index (Phi) is 5.15. The smallest absolute Gasteiger partial charge is 0.311 e. The molecule has 2 heterocycles. The molecule has 0 aliphatic heterocycles. The van der Waals surface area contributed by atoms with Crippen LogP contribution in [0.15, 0.2) is 42.6 Å². The Morgan fingerprint density at radius 3 is 2.78 bits per heavy atom. The molecule has 2 aromatic heterocycles. The SMILES string of the molecule is Cc1cc(CNC(=O)c2ccn(COc3ccccc3[N+](=O)[O-])n2)nn1C. The van der Waals surface area contributed by atoms with Crippen molar-refractivity contribution in [2.24, 2.45) is 7.05 Å². The van der Waals surface area contributed by atoms with Crippen LogP contribution in [0, 0.1) is 17.0 Å². The van der Waals surface area contributed by atoms with E-state index in [4.69, 9.17) is 4.74 Å². The number of nitro groups is 1. The van der Waals surface area contributed by atoms with Crippen LogP contribution < -0.4 is 10.1 Å². The molecule has 1 amide bonds. The molecule has 3 aromatic rings. The van der Waals surface area contributed by atoms with Crippen molar-refractivity contribution in [3.8, 4) is 5.75 Å². The van der Waals surface area contributed by atoms with Crippen LogP contribution in [0.3, 0.4) is 0 Å². The number of rotatable bonds is 7. The zero-order chi connectivity index (χ0) is 19.4. The summed E-state index contributed by atoms with van der Waals surface area (Å²) in [4.78, 5) is 22.7. The molecule has 10 heteroatoms. The number of nitro benzene ring substituents is 1. The maximum absolute atomic E-state index is 12.2. The Balaban J connectivity index is 1.58. The van der Waals surface area contributed by atoms with Crippen molar-refractivity contribution in [3.63, 3.8) is 0 Å². The van der Waals surface area contributed by atoms with Crippen LogP contribution in [0.5, 0.6) is 5.75 Å². The van der Waals surface area contributed by atoms with E-state index >= 15 is 0 Å². The van der Waals surface area contributed by atoms with Gasteiger partial charge in [-0.15, -0.1) is 0 Å². The fourth-order valence-electron chi connectivity index (χ4n) is 2.40.